The van der Waals surface area contributed by atoms with Gasteiger partial charge in [0.1, 0.15) is 12.4 Å². The van der Waals surface area contributed by atoms with Gasteiger partial charge in [0.2, 0.25) is 5.91 Å². The minimum atomic E-state index is -0.253. The van der Waals surface area contributed by atoms with Gasteiger partial charge in [0.25, 0.3) is 5.91 Å². The SMILES string of the molecule is CCNC(=O)CNC(=O)C[NH+](Cc1ccc(F)cc1)C1CC1. The van der Waals surface area contributed by atoms with E-state index >= 15 is 0 Å². The number of hydrogen-bond acceptors (Lipinski definition) is 2. The van der Waals surface area contributed by atoms with Crippen molar-refractivity contribution in [3.05, 3.63) is 35.6 Å². The fourth-order valence-corrected chi connectivity index (χ4v) is 2.41. The summed E-state index contributed by atoms with van der Waals surface area (Å²) < 4.78 is 12.9. The largest absolute Gasteiger partial charge is 0.355 e. The first-order valence-corrected chi connectivity index (χ1v) is 7.71. The zero-order valence-electron chi connectivity index (χ0n) is 12.8. The minimum absolute atomic E-state index is 0.0150. The van der Waals surface area contributed by atoms with Crippen molar-refractivity contribution in [1.29, 1.82) is 0 Å². The molecule has 1 atom stereocenters. The Kier molecular flexibility index (Phi) is 5.89. The lowest BCUT2D eigenvalue weighted by molar-refractivity contribution is -0.917. The fraction of sp³-hybridized carbons (Fsp3) is 0.500. The van der Waals surface area contributed by atoms with E-state index in [0.717, 1.165) is 18.4 Å². The molecule has 1 aromatic carbocycles. The molecule has 5 nitrogen and oxygen atoms in total. The molecule has 1 aliphatic rings. The first-order chi connectivity index (χ1) is 10.6. The highest BCUT2D eigenvalue weighted by molar-refractivity contribution is 5.84. The summed E-state index contributed by atoms with van der Waals surface area (Å²) in [6.07, 6.45) is 2.22. The third-order valence-corrected chi connectivity index (χ3v) is 3.71. The first-order valence-electron chi connectivity index (χ1n) is 7.71. The van der Waals surface area contributed by atoms with Crippen molar-refractivity contribution in [3.8, 4) is 0 Å². The van der Waals surface area contributed by atoms with E-state index in [2.05, 4.69) is 10.6 Å². The molecule has 0 aromatic heterocycles. The third kappa shape index (κ3) is 5.44. The lowest BCUT2D eigenvalue weighted by Gasteiger charge is -2.18. The maximum atomic E-state index is 12.9. The van der Waals surface area contributed by atoms with E-state index in [1.165, 1.54) is 17.0 Å². The average Bonchev–Trinajstić information content (AvgIpc) is 3.32. The van der Waals surface area contributed by atoms with Crippen LogP contribution in [0.2, 0.25) is 0 Å². The van der Waals surface area contributed by atoms with Crippen molar-refractivity contribution in [1.82, 2.24) is 10.6 Å². The van der Waals surface area contributed by atoms with Crippen molar-refractivity contribution < 1.29 is 18.9 Å². The normalized spacial score (nSPS) is 15.2. The van der Waals surface area contributed by atoms with Crippen LogP contribution in [0.1, 0.15) is 25.3 Å². The van der Waals surface area contributed by atoms with E-state index < -0.39 is 0 Å². The zero-order valence-corrected chi connectivity index (χ0v) is 12.8. The second-order valence-electron chi connectivity index (χ2n) is 5.64. The van der Waals surface area contributed by atoms with Crippen LogP contribution >= 0.6 is 0 Å². The number of rotatable bonds is 8. The van der Waals surface area contributed by atoms with Crippen LogP contribution in [-0.2, 0) is 16.1 Å². The average molecular weight is 308 g/mol. The Hall–Kier alpha value is -1.95. The molecule has 1 aliphatic carbocycles. The van der Waals surface area contributed by atoms with Gasteiger partial charge in [-0.25, -0.2) is 4.39 Å². The number of carbonyl (C=O) groups is 2. The highest BCUT2D eigenvalue weighted by atomic mass is 19.1. The molecular formula is C16H23FN3O2+. The summed E-state index contributed by atoms with van der Waals surface area (Å²) in [6.45, 7) is 3.43. The van der Waals surface area contributed by atoms with Gasteiger partial charge in [-0.05, 0) is 19.1 Å². The van der Waals surface area contributed by atoms with E-state index in [1.807, 2.05) is 6.92 Å². The van der Waals surface area contributed by atoms with Crippen LogP contribution in [0.25, 0.3) is 0 Å². The van der Waals surface area contributed by atoms with Crippen LogP contribution < -0.4 is 15.5 Å². The van der Waals surface area contributed by atoms with Crippen LogP contribution in [-0.4, -0.2) is 37.5 Å². The molecule has 1 unspecified atom stereocenters. The predicted molar refractivity (Wildman–Crippen MR) is 80.6 cm³/mol. The number of hydrogen-bond donors (Lipinski definition) is 3. The number of carbonyl (C=O) groups excluding carboxylic acids is 2. The summed E-state index contributed by atoms with van der Waals surface area (Å²) in [7, 11) is 0. The first kappa shape index (κ1) is 16.4. The molecule has 0 bridgehead atoms. The quantitative estimate of drug-likeness (QED) is 0.613. The second-order valence-corrected chi connectivity index (χ2v) is 5.64. The molecule has 1 saturated carbocycles. The van der Waals surface area contributed by atoms with Crippen molar-refractivity contribution in [3.63, 3.8) is 0 Å². The van der Waals surface area contributed by atoms with E-state index in [-0.39, 0.29) is 24.2 Å². The molecule has 120 valence electrons. The molecule has 0 spiro atoms. The molecule has 22 heavy (non-hydrogen) atoms. The summed E-state index contributed by atoms with van der Waals surface area (Å²) in [6, 6.07) is 6.87. The van der Waals surface area contributed by atoms with Gasteiger partial charge in [-0.2, -0.15) is 0 Å². The molecule has 2 rings (SSSR count). The lowest BCUT2D eigenvalue weighted by Crippen LogP contribution is -3.13. The number of nitrogens with one attached hydrogen (secondary N) is 3. The van der Waals surface area contributed by atoms with E-state index in [9.17, 15) is 14.0 Å². The van der Waals surface area contributed by atoms with Gasteiger partial charge in [-0.1, -0.05) is 12.1 Å². The Morgan fingerprint density at radius 1 is 1.18 bits per heavy atom. The second kappa shape index (κ2) is 7.89. The van der Waals surface area contributed by atoms with Crippen LogP contribution in [0.4, 0.5) is 4.39 Å². The zero-order chi connectivity index (χ0) is 15.9. The maximum absolute atomic E-state index is 12.9. The van der Waals surface area contributed by atoms with Crippen LogP contribution in [0.15, 0.2) is 24.3 Å². The van der Waals surface area contributed by atoms with E-state index in [0.29, 0.717) is 25.7 Å². The Morgan fingerprint density at radius 3 is 2.45 bits per heavy atom. The molecule has 1 aromatic rings. The Balaban J connectivity index is 1.82. The summed E-state index contributed by atoms with van der Waals surface area (Å²) in [5.41, 5.74) is 1.01. The molecule has 0 aliphatic heterocycles. The Morgan fingerprint density at radius 2 is 1.86 bits per heavy atom. The van der Waals surface area contributed by atoms with Crippen LogP contribution in [0.5, 0.6) is 0 Å². The molecule has 1 fully saturated rings. The third-order valence-electron chi connectivity index (χ3n) is 3.71. The van der Waals surface area contributed by atoms with Gasteiger partial charge in [-0.15, -0.1) is 0 Å². The molecule has 2 amide bonds. The highest BCUT2D eigenvalue weighted by Crippen LogP contribution is 2.15. The number of amides is 2. The van der Waals surface area contributed by atoms with Crippen molar-refractivity contribution in [2.24, 2.45) is 0 Å². The molecule has 0 heterocycles. The fourth-order valence-electron chi connectivity index (χ4n) is 2.41. The van der Waals surface area contributed by atoms with E-state index in [4.69, 9.17) is 0 Å². The van der Waals surface area contributed by atoms with Crippen molar-refractivity contribution in [2.75, 3.05) is 19.6 Å². The topological polar surface area (TPSA) is 62.6 Å². The summed E-state index contributed by atoms with van der Waals surface area (Å²) in [5.74, 6) is -0.561. The van der Waals surface area contributed by atoms with Crippen molar-refractivity contribution >= 4 is 11.8 Å². The van der Waals surface area contributed by atoms with Gasteiger partial charge < -0.3 is 15.5 Å². The number of likely N-dealkylation sites (N-methyl/N-ethyl adjacent to an activating group) is 1. The Labute approximate surface area is 129 Å². The monoisotopic (exact) mass is 308 g/mol. The van der Waals surface area contributed by atoms with Crippen LogP contribution in [0.3, 0.4) is 0 Å². The number of quaternary nitrogens is 1. The molecule has 6 heteroatoms. The molecular weight excluding hydrogens is 285 g/mol. The molecule has 0 saturated heterocycles. The van der Waals surface area contributed by atoms with Gasteiger partial charge in [0.15, 0.2) is 6.54 Å². The standard InChI is InChI=1S/C16H22FN3O2/c1-2-18-15(21)9-19-16(22)11-20(14-7-8-14)10-12-3-5-13(17)6-4-12/h3-6,14H,2,7-11H2,1H3,(H,18,21)(H,19,22)/p+1. The van der Waals surface area contributed by atoms with E-state index in [1.54, 1.807) is 12.1 Å². The summed E-state index contributed by atoms with van der Waals surface area (Å²) in [4.78, 5) is 24.5. The van der Waals surface area contributed by atoms with Gasteiger partial charge in [0, 0.05) is 24.9 Å². The molecule has 0 radical (unpaired) electrons. The lowest BCUT2D eigenvalue weighted by atomic mass is 10.2. The number of benzene rings is 1. The summed E-state index contributed by atoms with van der Waals surface area (Å²) in [5, 5.41) is 5.28. The van der Waals surface area contributed by atoms with Crippen molar-refractivity contribution in [2.45, 2.75) is 32.4 Å². The maximum Gasteiger partial charge on any atom is 0.275 e. The summed E-state index contributed by atoms with van der Waals surface area (Å²) >= 11 is 0. The smallest absolute Gasteiger partial charge is 0.275 e. The number of halogens is 1. The highest BCUT2D eigenvalue weighted by Gasteiger charge is 2.34. The predicted octanol–water partition coefficient (Wildman–Crippen LogP) is -0.375. The Bertz CT molecular complexity index is 515. The van der Waals surface area contributed by atoms with Crippen LogP contribution in [0, 0.1) is 5.82 Å². The van der Waals surface area contributed by atoms with Gasteiger partial charge in [-0.3, -0.25) is 9.59 Å². The minimum Gasteiger partial charge on any atom is -0.355 e. The van der Waals surface area contributed by atoms with Gasteiger partial charge in [0.05, 0.1) is 12.6 Å². The molecule has 3 N–H and O–H groups in total. The van der Waals surface area contributed by atoms with Gasteiger partial charge >= 0.3 is 0 Å².